The second-order valence-corrected chi connectivity index (χ2v) is 4.28. The predicted octanol–water partition coefficient (Wildman–Crippen LogP) is 2.28. The number of anilines is 1. The number of rotatable bonds is 2. The van der Waals surface area contributed by atoms with Crippen LogP contribution >= 0.6 is 11.3 Å². The van der Waals surface area contributed by atoms with E-state index in [1.165, 1.54) is 11.3 Å². The van der Waals surface area contributed by atoms with Crippen molar-refractivity contribution in [1.29, 1.82) is 5.41 Å². The number of benzene rings is 1. The summed E-state index contributed by atoms with van der Waals surface area (Å²) in [5, 5.41) is 7.31. The first-order chi connectivity index (χ1) is 7.16. The number of hydrogen-bond donors (Lipinski definition) is 3. The molecule has 0 atom stereocenters. The smallest absolute Gasteiger partial charge is 0.133 e. The van der Waals surface area contributed by atoms with Gasteiger partial charge in [-0.3, -0.25) is 5.41 Å². The number of thiophene rings is 1. The maximum absolute atomic E-state index is 7.31. The summed E-state index contributed by atoms with van der Waals surface area (Å²) >= 11 is 1.51. The summed E-state index contributed by atoms with van der Waals surface area (Å²) in [6, 6.07) is 11.5. The predicted molar refractivity (Wildman–Crippen MR) is 65.2 cm³/mol. The number of hydrogen-bond acceptors (Lipinski definition) is 3. The highest BCUT2D eigenvalue weighted by molar-refractivity contribution is 7.17. The molecule has 5 N–H and O–H groups in total. The molecule has 1 aromatic carbocycles. The van der Waals surface area contributed by atoms with Crippen molar-refractivity contribution in [3.8, 4) is 10.4 Å². The van der Waals surface area contributed by atoms with Crippen LogP contribution in [0.3, 0.4) is 0 Å². The summed E-state index contributed by atoms with van der Waals surface area (Å²) in [7, 11) is 0. The van der Waals surface area contributed by atoms with E-state index in [0.29, 0.717) is 0 Å². The van der Waals surface area contributed by atoms with Gasteiger partial charge in [-0.05, 0) is 29.8 Å². The molecule has 15 heavy (non-hydrogen) atoms. The van der Waals surface area contributed by atoms with Crippen molar-refractivity contribution in [2.24, 2.45) is 5.73 Å². The molecule has 3 nitrogen and oxygen atoms in total. The first kappa shape index (κ1) is 9.73. The van der Waals surface area contributed by atoms with E-state index in [2.05, 4.69) is 0 Å². The molecular weight excluding hydrogens is 206 g/mol. The van der Waals surface area contributed by atoms with Gasteiger partial charge in [0.05, 0.1) is 4.88 Å². The zero-order chi connectivity index (χ0) is 10.8. The Morgan fingerprint density at radius 3 is 2.27 bits per heavy atom. The molecular formula is C11H11N3S. The van der Waals surface area contributed by atoms with Gasteiger partial charge in [0, 0.05) is 10.6 Å². The normalized spacial score (nSPS) is 10.1. The van der Waals surface area contributed by atoms with Crippen LogP contribution in [0.5, 0.6) is 0 Å². The number of nitrogens with two attached hydrogens (primary N) is 2. The largest absolute Gasteiger partial charge is 0.399 e. The van der Waals surface area contributed by atoms with Crippen LogP contribution in [-0.2, 0) is 0 Å². The lowest BCUT2D eigenvalue weighted by Crippen LogP contribution is -2.08. The van der Waals surface area contributed by atoms with E-state index < -0.39 is 0 Å². The van der Waals surface area contributed by atoms with Crippen LogP contribution in [0.15, 0.2) is 36.4 Å². The molecule has 0 bridgehead atoms. The molecule has 1 aromatic heterocycles. The van der Waals surface area contributed by atoms with Crippen molar-refractivity contribution in [2.75, 3.05) is 5.73 Å². The molecule has 2 aromatic rings. The van der Waals surface area contributed by atoms with Gasteiger partial charge in [-0.15, -0.1) is 11.3 Å². The minimum absolute atomic E-state index is 0.113. The minimum Gasteiger partial charge on any atom is -0.399 e. The van der Waals surface area contributed by atoms with Crippen molar-refractivity contribution in [3.05, 3.63) is 41.3 Å². The van der Waals surface area contributed by atoms with Gasteiger partial charge in [-0.25, -0.2) is 0 Å². The van der Waals surface area contributed by atoms with E-state index >= 15 is 0 Å². The molecule has 2 rings (SSSR count). The van der Waals surface area contributed by atoms with E-state index in [-0.39, 0.29) is 5.84 Å². The van der Waals surface area contributed by atoms with Gasteiger partial charge >= 0.3 is 0 Å². The lowest BCUT2D eigenvalue weighted by Gasteiger charge is -1.97. The Bertz CT molecular complexity index is 485. The van der Waals surface area contributed by atoms with Crippen molar-refractivity contribution in [3.63, 3.8) is 0 Å². The van der Waals surface area contributed by atoms with Crippen LogP contribution in [0.1, 0.15) is 4.88 Å². The van der Waals surface area contributed by atoms with Gasteiger partial charge in [0.15, 0.2) is 0 Å². The molecule has 0 unspecified atom stereocenters. The maximum Gasteiger partial charge on any atom is 0.133 e. The fraction of sp³-hybridized carbons (Fsp3) is 0. The summed E-state index contributed by atoms with van der Waals surface area (Å²) in [6.45, 7) is 0. The first-order valence-corrected chi connectivity index (χ1v) is 5.28. The highest BCUT2D eigenvalue weighted by atomic mass is 32.1. The van der Waals surface area contributed by atoms with Crippen molar-refractivity contribution < 1.29 is 0 Å². The molecule has 76 valence electrons. The maximum atomic E-state index is 7.31. The van der Waals surface area contributed by atoms with E-state index in [1.807, 2.05) is 36.4 Å². The minimum atomic E-state index is 0.113. The molecule has 0 fully saturated rings. The lowest BCUT2D eigenvalue weighted by molar-refractivity contribution is 1.45. The van der Waals surface area contributed by atoms with Crippen molar-refractivity contribution in [1.82, 2.24) is 0 Å². The molecule has 0 radical (unpaired) electrons. The quantitative estimate of drug-likeness (QED) is 0.410. The van der Waals surface area contributed by atoms with Crippen LogP contribution in [0, 0.1) is 5.41 Å². The molecule has 0 spiro atoms. The van der Waals surface area contributed by atoms with Crippen molar-refractivity contribution in [2.45, 2.75) is 0 Å². The van der Waals surface area contributed by atoms with E-state index in [4.69, 9.17) is 16.9 Å². The third kappa shape index (κ3) is 1.99. The zero-order valence-electron chi connectivity index (χ0n) is 8.03. The molecule has 0 aliphatic heterocycles. The SMILES string of the molecule is N=C(N)c1ccc(-c2ccc(N)cc2)s1. The standard InChI is InChI=1S/C11H11N3S/c12-8-3-1-7(2-4-8)9-5-6-10(15-9)11(13)14/h1-6H,12H2,(H3,13,14). The molecule has 0 amide bonds. The van der Waals surface area contributed by atoms with E-state index in [9.17, 15) is 0 Å². The molecule has 0 aliphatic rings. The van der Waals surface area contributed by atoms with Crippen LogP contribution in [0.2, 0.25) is 0 Å². The van der Waals surface area contributed by atoms with Gasteiger partial charge < -0.3 is 11.5 Å². The molecule has 0 saturated carbocycles. The Labute approximate surface area is 91.9 Å². The number of nitrogen functional groups attached to an aromatic ring is 2. The fourth-order valence-electron chi connectivity index (χ4n) is 1.29. The van der Waals surface area contributed by atoms with E-state index in [0.717, 1.165) is 21.0 Å². The van der Waals surface area contributed by atoms with Crippen LogP contribution in [0.25, 0.3) is 10.4 Å². The average molecular weight is 217 g/mol. The van der Waals surface area contributed by atoms with Crippen LogP contribution in [0.4, 0.5) is 5.69 Å². The summed E-state index contributed by atoms with van der Waals surface area (Å²) in [5.41, 5.74) is 12.9. The van der Waals surface area contributed by atoms with Gasteiger partial charge in [0.2, 0.25) is 0 Å². The highest BCUT2D eigenvalue weighted by Crippen LogP contribution is 2.28. The third-order valence-electron chi connectivity index (χ3n) is 2.07. The Hall–Kier alpha value is -1.81. The fourth-order valence-corrected chi connectivity index (χ4v) is 2.16. The van der Waals surface area contributed by atoms with Crippen molar-refractivity contribution >= 4 is 22.9 Å². The number of nitrogens with one attached hydrogen (secondary N) is 1. The van der Waals surface area contributed by atoms with Crippen LogP contribution < -0.4 is 11.5 Å². The zero-order valence-corrected chi connectivity index (χ0v) is 8.84. The van der Waals surface area contributed by atoms with Gasteiger partial charge in [-0.1, -0.05) is 12.1 Å². The second kappa shape index (κ2) is 3.74. The van der Waals surface area contributed by atoms with Gasteiger partial charge in [-0.2, -0.15) is 0 Å². The molecule has 1 heterocycles. The van der Waals surface area contributed by atoms with Gasteiger partial charge in [0.25, 0.3) is 0 Å². The number of amidine groups is 1. The molecule has 4 heteroatoms. The van der Waals surface area contributed by atoms with Crippen LogP contribution in [-0.4, -0.2) is 5.84 Å². The summed E-state index contributed by atoms with van der Waals surface area (Å²) in [4.78, 5) is 1.89. The summed E-state index contributed by atoms with van der Waals surface area (Å²) in [6.07, 6.45) is 0. The first-order valence-electron chi connectivity index (χ1n) is 4.47. The Balaban J connectivity index is 2.37. The summed E-state index contributed by atoms with van der Waals surface area (Å²) in [5.74, 6) is 0.113. The molecule has 0 aliphatic carbocycles. The topological polar surface area (TPSA) is 75.9 Å². The highest BCUT2D eigenvalue weighted by Gasteiger charge is 2.04. The summed E-state index contributed by atoms with van der Waals surface area (Å²) < 4.78 is 0. The lowest BCUT2D eigenvalue weighted by atomic mass is 10.2. The second-order valence-electron chi connectivity index (χ2n) is 3.20. The van der Waals surface area contributed by atoms with Gasteiger partial charge in [0.1, 0.15) is 5.84 Å². The monoisotopic (exact) mass is 217 g/mol. The average Bonchev–Trinajstić information content (AvgIpc) is 2.68. The van der Waals surface area contributed by atoms with E-state index in [1.54, 1.807) is 0 Å². The Kier molecular flexibility index (Phi) is 2.43. The Morgan fingerprint density at radius 1 is 1.07 bits per heavy atom. The molecule has 0 saturated heterocycles. The Morgan fingerprint density at radius 2 is 1.73 bits per heavy atom. The third-order valence-corrected chi connectivity index (χ3v) is 3.23.